The SMILES string of the molecule is CCCCCCCC/C=C\CCCCCCCCOC[C@@H]1CCCN1C(=O)CN. The van der Waals surface area contributed by atoms with Crippen LogP contribution in [0, 0.1) is 0 Å². The number of amides is 1. The topological polar surface area (TPSA) is 55.6 Å². The average Bonchev–Trinajstić information content (AvgIpc) is 3.21. The number of carbonyl (C=O) groups excluding carboxylic acids is 1. The standard InChI is InChI=1S/C25H48N2O2/c1-2-3-4-5-6-7-8-9-10-11-12-13-14-15-16-17-21-29-23-24-19-18-20-27(24)25(28)22-26/h9-10,24H,2-8,11-23,26H2,1H3/b10-9-/t24-/m0/s1. The van der Waals surface area contributed by atoms with Crippen molar-refractivity contribution in [2.75, 3.05) is 26.3 Å². The smallest absolute Gasteiger partial charge is 0.236 e. The maximum Gasteiger partial charge on any atom is 0.236 e. The Morgan fingerprint density at radius 2 is 1.52 bits per heavy atom. The van der Waals surface area contributed by atoms with Gasteiger partial charge in [0.1, 0.15) is 0 Å². The number of unbranched alkanes of at least 4 members (excludes halogenated alkanes) is 12. The van der Waals surface area contributed by atoms with Crippen molar-refractivity contribution in [3.8, 4) is 0 Å². The van der Waals surface area contributed by atoms with Crippen LogP contribution in [0.1, 0.15) is 110 Å². The van der Waals surface area contributed by atoms with Gasteiger partial charge in [-0.15, -0.1) is 0 Å². The van der Waals surface area contributed by atoms with E-state index in [9.17, 15) is 4.79 Å². The predicted molar refractivity (Wildman–Crippen MR) is 124 cm³/mol. The van der Waals surface area contributed by atoms with Crippen molar-refractivity contribution in [1.82, 2.24) is 4.90 Å². The quantitative estimate of drug-likeness (QED) is 0.211. The van der Waals surface area contributed by atoms with Crippen LogP contribution in [0.15, 0.2) is 12.2 Å². The van der Waals surface area contributed by atoms with Gasteiger partial charge in [0.05, 0.1) is 19.2 Å². The molecule has 0 bridgehead atoms. The number of likely N-dealkylation sites (tertiary alicyclic amines) is 1. The first-order valence-electron chi connectivity index (χ1n) is 12.5. The maximum atomic E-state index is 11.8. The minimum absolute atomic E-state index is 0.0633. The van der Waals surface area contributed by atoms with E-state index < -0.39 is 0 Å². The third kappa shape index (κ3) is 13.9. The first-order valence-corrected chi connectivity index (χ1v) is 12.5. The molecule has 4 heteroatoms. The molecule has 1 atom stereocenters. The second kappa shape index (κ2) is 19.1. The second-order valence-corrected chi connectivity index (χ2v) is 8.60. The number of allylic oxidation sites excluding steroid dienone is 2. The van der Waals surface area contributed by atoms with Crippen molar-refractivity contribution in [2.24, 2.45) is 5.73 Å². The van der Waals surface area contributed by atoms with Crippen molar-refractivity contribution in [3.63, 3.8) is 0 Å². The van der Waals surface area contributed by atoms with E-state index in [-0.39, 0.29) is 18.5 Å². The van der Waals surface area contributed by atoms with Crippen LogP contribution in [-0.4, -0.2) is 43.2 Å². The highest BCUT2D eigenvalue weighted by atomic mass is 16.5. The molecule has 1 rings (SSSR count). The number of carbonyl (C=O) groups is 1. The number of hydrogen-bond acceptors (Lipinski definition) is 3. The lowest BCUT2D eigenvalue weighted by molar-refractivity contribution is -0.131. The van der Waals surface area contributed by atoms with Crippen LogP contribution in [0.25, 0.3) is 0 Å². The molecular formula is C25H48N2O2. The van der Waals surface area contributed by atoms with Crippen molar-refractivity contribution >= 4 is 5.91 Å². The Bertz CT molecular complexity index is 412. The van der Waals surface area contributed by atoms with E-state index in [1.807, 2.05) is 4.90 Å². The molecular weight excluding hydrogens is 360 g/mol. The molecule has 0 radical (unpaired) electrons. The summed E-state index contributed by atoms with van der Waals surface area (Å²) >= 11 is 0. The van der Waals surface area contributed by atoms with Crippen LogP contribution in [0.5, 0.6) is 0 Å². The monoisotopic (exact) mass is 408 g/mol. The fourth-order valence-electron chi connectivity index (χ4n) is 4.13. The summed E-state index contributed by atoms with van der Waals surface area (Å²) in [6.07, 6.45) is 25.5. The van der Waals surface area contributed by atoms with Gasteiger partial charge in [0.25, 0.3) is 0 Å². The third-order valence-electron chi connectivity index (χ3n) is 5.98. The van der Waals surface area contributed by atoms with Gasteiger partial charge in [0.15, 0.2) is 0 Å². The van der Waals surface area contributed by atoms with Gasteiger partial charge in [-0.1, -0.05) is 76.9 Å². The molecule has 1 amide bonds. The van der Waals surface area contributed by atoms with E-state index in [0.717, 1.165) is 32.4 Å². The number of ether oxygens (including phenoxy) is 1. The van der Waals surface area contributed by atoms with Crippen LogP contribution in [0.3, 0.4) is 0 Å². The number of rotatable bonds is 19. The molecule has 0 aromatic rings. The molecule has 29 heavy (non-hydrogen) atoms. The Hall–Kier alpha value is -0.870. The van der Waals surface area contributed by atoms with E-state index in [2.05, 4.69) is 19.1 Å². The predicted octanol–water partition coefficient (Wildman–Crippen LogP) is 5.99. The molecule has 4 nitrogen and oxygen atoms in total. The third-order valence-corrected chi connectivity index (χ3v) is 5.98. The average molecular weight is 409 g/mol. The second-order valence-electron chi connectivity index (χ2n) is 8.60. The van der Waals surface area contributed by atoms with Crippen LogP contribution in [-0.2, 0) is 9.53 Å². The van der Waals surface area contributed by atoms with Crippen LogP contribution < -0.4 is 5.73 Å². The zero-order chi connectivity index (χ0) is 21.0. The summed E-state index contributed by atoms with van der Waals surface area (Å²) in [6.45, 7) is 4.74. The van der Waals surface area contributed by atoms with E-state index in [0.29, 0.717) is 6.61 Å². The van der Waals surface area contributed by atoms with Gasteiger partial charge < -0.3 is 15.4 Å². The molecule has 2 N–H and O–H groups in total. The van der Waals surface area contributed by atoms with Gasteiger partial charge in [-0.05, 0) is 44.9 Å². The zero-order valence-corrected chi connectivity index (χ0v) is 19.2. The number of hydrogen-bond donors (Lipinski definition) is 1. The lowest BCUT2D eigenvalue weighted by atomic mass is 10.1. The maximum absolute atomic E-state index is 11.8. The molecule has 1 aliphatic rings. The van der Waals surface area contributed by atoms with Crippen LogP contribution in [0.4, 0.5) is 0 Å². The summed E-state index contributed by atoms with van der Waals surface area (Å²) in [5, 5.41) is 0. The molecule has 0 unspecified atom stereocenters. The summed E-state index contributed by atoms with van der Waals surface area (Å²) in [5.74, 6) is 0.0633. The molecule has 1 heterocycles. The lowest BCUT2D eigenvalue weighted by Crippen LogP contribution is -2.41. The molecule has 0 spiro atoms. The van der Waals surface area contributed by atoms with Gasteiger partial charge in [0, 0.05) is 13.2 Å². The fraction of sp³-hybridized carbons (Fsp3) is 0.880. The summed E-state index contributed by atoms with van der Waals surface area (Å²) in [7, 11) is 0. The fourth-order valence-corrected chi connectivity index (χ4v) is 4.13. The molecule has 0 aromatic carbocycles. The number of nitrogens with zero attached hydrogens (tertiary/aromatic N) is 1. The van der Waals surface area contributed by atoms with Gasteiger partial charge in [0.2, 0.25) is 5.91 Å². The summed E-state index contributed by atoms with van der Waals surface area (Å²) in [5.41, 5.74) is 5.48. The zero-order valence-electron chi connectivity index (χ0n) is 19.2. The van der Waals surface area contributed by atoms with Gasteiger partial charge in [-0.25, -0.2) is 0 Å². The highest BCUT2D eigenvalue weighted by Gasteiger charge is 2.27. The summed E-state index contributed by atoms with van der Waals surface area (Å²) in [4.78, 5) is 13.7. The molecule has 1 fully saturated rings. The molecule has 1 saturated heterocycles. The van der Waals surface area contributed by atoms with Crippen molar-refractivity contribution in [3.05, 3.63) is 12.2 Å². The van der Waals surface area contributed by atoms with Gasteiger partial charge >= 0.3 is 0 Å². The lowest BCUT2D eigenvalue weighted by Gasteiger charge is -2.24. The van der Waals surface area contributed by atoms with Gasteiger partial charge in [-0.3, -0.25) is 4.79 Å². The Balaban J connectivity index is 1.80. The summed E-state index contributed by atoms with van der Waals surface area (Å²) in [6, 6.07) is 0.250. The van der Waals surface area contributed by atoms with Crippen molar-refractivity contribution in [2.45, 2.75) is 116 Å². The molecule has 0 saturated carbocycles. The van der Waals surface area contributed by atoms with Crippen molar-refractivity contribution in [1.29, 1.82) is 0 Å². The molecule has 1 aliphatic heterocycles. The van der Waals surface area contributed by atoms with E-state index >= 15 is 0 Å². The van der Waals surface area contributed by atoms with Gasteiger partial charge in [-0.2, -0.15) is 0 Å². The number of nitrogens with two attached hydrogens (primary N) is 1. The van der Waals surface area contributed by atoms with Crippen molar-refractivity contribution < 1.29 is 9.53 Å². The van der Waals surface area contributed by atoms with E-state index in [4.69, 9.17) is 10.5 Å². The van der Waals surface area contributed by atoms with Crippen LogP contribution in [0.2, 0.25) is 0 Å². The first kappa shape index (κ1) is 26.2. The largest absolute Gasteiger partial charge is 0.379 e. The highest BCUT2D eigenvalue weighted by Crippen LogP contribution is 2.17. The minimum Gasteiger partial charge on any atom is -0.379 e. The Labute approximate surface area is 180 Å². The Morgan fingerprint density at radius 1 is 0.931 bits per heavy atom. The molecule has 0 aromatic heterocycles. The minimum atomic E-state index is 0.0633. The normalized spacial score (nSPS) is 16.9. The molecule has 170 valence electrons. The Morgan fingerprint density at radius 3 is 2.14 bits per heavy atom. The van der Waals surface area contributed by atoms with E-state index in [1.165, 1.54) is 83.5 Å². The van der Waals surface area contributed by atoms with E-state index in [1.54, 1.807) is 0 Å². The summed E-state index contributed by atoms with van der Waals surface area (Å²) < 4.78 is 5.82. The van der Waals surface area contributed by atoms with Crippen LogP contribution >= 0.6 is 0 Å². The highest BCUT2D eigenvalue weighted by molar-refractivity contribution is 5.78. The molecule has 0 aliphatic carbocycles. The first-order chi connectivity index (χ1) is 14.3. The Kier molecular flexibility index (Phi) is 17.2.